The summed E-state index contributed by atoms with van der Waals surface area (Å²) < 4.78 is 4.57. The number of para-hydroxylation sites is 1. The van der Waals surface area contributed by atoms with Crippen LogP contribution in [0.2, 0.25) is 0 Å². The van der Waals surface area contributed by atoms with E-state index < -0.39 is 5.97 Å². The molecule has 0 aliphatic heterocycles. The van der Waals surface area contributed by atoms with Gasteiger partial charge in [-0.1, -0.05) is 18.2 Å². The molecule has 0 atom stereocenters. The molecule has 0 spiro atoms. The van der Waals surface area contributed by atoms with Crippen molar-refractivity contribution in [3.05, 3.63) is 47.4 Å². The van der Waals surface area contributed by atoms with Gasteiger partial charge >= 0.3 is 5.97 Å². The second kappa shape index (κ2) is 5.48. The normalized spacial score (nSPS) is 10.1. The Labute approximate surface area is 111 Å². The Hall–Kier alpha value is -2.43. The highest BCUT2D eigenvalue weighted by molar-refractivity contribution is 5.86. The van der Waals surface area contributed by atoms with Gasteiger partial charge in [-0.2, -0.15) is 0 Å². The van der Waals surface area contributed by atoms with Gasteiger partial charge in [-0.05, 0) is 25.0 Å². The summed E-state index contributed by atoms with van der Waals surface area (Å²) in [5.41, 5.74) is 3.44. The molecule has 1 aromatic carbocycles. The molecule has 1 heterocycles. The molecule has 0 saturated heterocycles. The highest BCUT2D eigenvalue weighted by Crippen LogP contribution is 2.22. The Bertz CT molecular complexity index is 574. The zero-order chi connectivity index (χ0) is 13.8. The minimum absolute atomic E-state index is 0.189. The highest BCUT2D eigenvalue weighted by Gasteiger charge is 2.08. The molecule has 0 unspecified atom stereocenters. The number of esters is 1. The Morgan fingerprint density at radius 3 is 2.37 bits per heavy atom. The van der Waals surface area contributed by atoms with Gasteiger partial charge in [0, 0.05) is 5.69 Å². The van der Waals surface area contributed by atoms with Crippen molar-refractivity contribution in [3.63, 3.8) is 0 Å². The summed E-state index contributed by atoms with van der Waals surface area (Å²) >= 11 is 0. The molecule has 0 radical (unpaired) electrons. The third-order valence-corrected chi connectivity index (χ3v) is 2.78. The summed E-state index contributed by atoms with van der Waals surface area (Å²) in [5, 5.41) is 3.20. The number of carbonyl (C=O) groups excluding carboxylic acids is 1. The van der Waals surface area contributed by atoms with E-state index in [1.54, 1.807) is 0 Å². The predicted molar refractivity (Wildman–Crippen MR) is 72.6 cm³/mol. The number of nitrogens with one attached hydrogen (secondary N) is 1. The second-order valence-corrected chi connectivity index (χ2v) is 4.17. The third-order valence-electron chi connectivity index (χ3n) is 2.78. The molecule has 98 valence electrons. The SMILES string of the molecule is COC(=O)c1cnc(Nc2c(C)cccc2C)cn1. The van der Waals surface area contributed by atoms with E-state index in [0.29, 0.717) is 5.82 Å². The van der Waals surface area contributed by atoms with Gasteiger partial charge in [-0.25, -0.2) is 14.8 Å². The number of hydrogen-bond donors (Lipinski definition) is 1. The lowest BCUT2D eigenvalue weighted by Crippen LogP contribution is -2.06. The van der Waals surface area contributed by atoms with Crippen LogP contribution in [0.3, 0.4) is 0 Å². The largest absolute Gasteiger partial charge is 0.464 e. The molecule has 5 heteroatoms. The zero-order valence-corrected chi connectivity index (χ0v) is 11.1. The van der Waals surface area contributed by atoms with Crippen LogP contribution < -0.4 is 5.32 Å². The maximum Gasteiger partial charge on any atom is 0.358 e. The summed E-state index contributed by atoms with van der Waals surface area (Å²) in [4.78, 5) is 19.4. The molecule has 0 bridgehead atoms. The lowest BCUT2D eigenvalue weighted by atomic mass is 10.1. The summed E-state index contributed by atoms with van der Waals surface area (Å²) in [7, 11) is 1.31. The molecular weight excluding hydrogens is 242 g/mol. The molecule has 19 heavy (non-hydrogen) atoms. The number of aryl methyl sites for hydroxylation is 2. The van der Waals surface area contributed by atoms with E-state index in [0.717, 1.165) is 16.8 Å². The molecule has 2 rings (SSSR count). The molecule has 0 amide bonds. The van der Waals surface area contributed by atoms with Gasteiger partial charge in [0.25, 0.3) is 0 Å². The van der Waals surface area contributed by atoms with Crippen molar-refractivity contribution in [1.82, 2.24) is 9.97 Å². The quantitative estimate of drug-likeness (QED) is 0.856. The van der Waals surface area contributed by atoms with Gasteiger partial charge in [-0.15, -0.1) is 0 Å². The number of ether oxygens (including phenoxy) is 1. The Balaban J connectivity index is 2.22. The summed E-state index contributed by atoms with van der Waals surface area (Å²) in [6.07, 6.45) is 2.90. The van der Waals surface area contributed by atoms with Crippen LogP contribution in [0.25, 0.3) is 0 Å². The molecule has 5 nitrogen and oxygen atoms in total. The number of methoxy groups -OCH3 is 1. The molecule has 2 aromatic rings. The Morgan fingerprint density at radius 1 is 1.16 bits per heavy atom. The molecule has 0 aliphatic carbocycles. The van der Waals surface area contributed by atoms with Crippen LogP contribution in [0.1, 0.15) is 21.6 Å². The highest BCUT2D eigenvalue weighted by atomic mass is 16.5. The van der Waals surface area contributed by atoms with Crippen molar-refractivity contribution in [1.29, 1.82) is 0 Å². The number of aromatic nitrogens is 2. The molecule has 1 N–H and O–H groups in total. The molecule has 0 aliphatic rings. The molecular formula is C14H15N3O2. The topological polar surface area (TPSA) is 64.1 Å². The Kier molecular flexibility index (Phi) is 3.75. The Morgan fingerprint density at radius 2 is 1.84 bits per heavy atom. The first-order valence-corrected chi connectivity index (χ1v) is 5.85. The fraction of sp³-hybridized carbons (Fsp3) is 0.214. The van der Waals surface area contributed by atoms with E-state index in [9.17, 15) is 4.79 Å². The van der Waals surface area contributed by atoms with Crippen LogP contribution in [-0.4, -0.2) is 23.0 Å². The zero-order valence-electron chi connectivity index (χ0n) is 11.1. The van der Waals surface area contributed by atoms with E-state index in [2.05, 4.69) is 20.0 Å². The number of rotatable bonds is 3. The summed E-state index contributed by atoms with van der Waals surface area (Å²) in [6.45, 7) is 4.04. The number of carbonyl (C=O) groups is 1. The van der Waals surface area contributed by atoms with E-state index in [1.807, 2.05) is 32.0 Å². The minimum Gasteiger partial charge on any atom is -0.464 e. The second-order valence-electron chi connectivity index (χ2n) is 4.17. The molecule has 0 saturated carbocycles. The van der Waals surface area contributed by atoms with Crippen molar-refractivity contribution in [3.8, 4) is 0 Å². The van der Waals surface area contributed by atoms with Crippen molar-refractivity contribution >= 4 is 17.5 Å². The fourth-order valence-corrected chi connectivity index (χ4v) is 1.74. The standard InChI is InChI=1S/C14H15N3O2/c1-9-5-4-6-10(2)13(9)17-12-8-15-11(7-16-12)14(18)19-3/h4-8H,1-3H3,(H,16,17). The van der Waals surface area contributed by atoms with Gasteiger partial charge in [0.05, 0.1) is 19.5 Å². The van der Waals surface area contributed by atoms with Gasteiger partial charge < -0.3 is 10.1 Å². The van der Waals surface area contributed by atoms with E-state index >= 15 is 0 Å². The lowest BCUT2D eigenvalue weighted by molar-refractivity contribution is 0.0593. The van der Waals surface area contributed by atoms with Crippen LogP contribution in [0.15, 0.2) is 30.6 Å². The lowest BCUT2D eigenvalue weighted by Gasteiger charge is -2.11. The first-order chi connectivity index (χ1) is 9.11. The van der Waals surface area contributed by atoms with E-state index in [4.69, 9.17) is 0 Å². The molecule has 0 fully saturated rings. The van der Waals surface area contributed by atoms with Crippen molar-refractivity contribution in [2.45, 2.75) is 13.8 Å². The minimum atomic E-state index is -0.494. The average Bonchev–Trinajstić information content (AvgIpc) is 2.43. The van der Waals surface area contributed by atoms with Gasteiger partial charge in [0.1, 0.15) is 5.82 Å². The van der Waals surface area contributed by atoms with Crippen molar-refractivity contribution in [2.75, 3.05) is 12.4 Å². The summed E-state index contributed by atoms with van der Waals surface area (Å²) in [5.74, 6) is 0.0937. The van der Waals surface area contributed by atoms with E-state index in [-0.39, 0.29) is 5.69 Å². The van der Waals surface area contributed by atoms with E-state index in [1.165, 1.54) is 19.5 Å². The van der Waals surface area contributed by atoms with Gasteiger partial charge in [0.15, 0.2) is 5.69 Å². The number of nitrogens with zero attached hydrogens (tertiary/aromatic N) is 2. The summed E-state index contributed by atoms with van der Waals surface area (Å²) in [6, 6.07) is 6.04. The number of hydrogen-bond acceptors (Lipinski definition) is 5. The fourth-order valence-electron chi connectivity index (χ4n) is 1.74. The van der Waals surface area contributed by atoms with Crippen LogP contribution >= 0.6 is 0 Å². The van der Waals surface area contributed by atoms with Crippen LogP contribution in [-0.2, 0) is 4.74 Å². The average molecular weight is 257 g/mol. The maximum absolute atomic E-state index is 11.2. The van der Waals surface area contributed by atoms with Crippen LogP contribution in [0.5, 0.6) is 0 Å². The monoisotopic (exact) mass is 257 g/mol. The predicted octanol–water partition coefficient (Wildman–Crippen LogP) is 2.62. The van der Waals surface area contributed by atoms with Gasteiger partial charge in [-0.3, -0.25) is 0 Å². The third kappa shape index (κ3) is 2.88. The van der Waals surface area contributed by atoms with Crippen molar-refractivity contribution in [2.24, 2.45) is 0 Å². The molecule has 1 aromatic heterocycles. The number of anilines is 2. The van der Waals surface area contributed by atoms with Crippen molar-refractivity contribution < 1.29 is 9.53 Å². The van der Waals surface area contributed by atoms with Crippen LogP contribution in [0, 0.1) is 13.8 Å². The smallest absolute Gasteiger partial charge is 0.358 e. The van der Waals surface area contributed by atoms with Gasteiger partial charge in [0.2, 0.25) is 0 Å². The first kappa shape index (κ1) is 13.0. The maximum atomic E-state index is 11.2. The first-order valence-electron chi connectivity index (χ1n) is 5.85. The number of benzene rings is 1. The van der Waals surface area contributed by atoms with Crippen LogP contribution in [0.4, 0.5) is 11.5 Å².